The van der Waals surface area contributed by atoms with Crippen molar-refractivity contribution in [2.45, 2.75) is 72.6 Å². The van der Waals surface area contributed by atoms with Gasteiger partial charge in [0.15, 0.2) is 0 Å². The molecular formula is C17H33N2Sn. The van der Waals surface area contributed by atoms with E-state index in [0.29, 0.717) is 0 Å². The third-order valence-electron chi connectivity index (χ3n) is 4.50. The Labute approximate surface area is 130 Å². The minimum absolute atomic E-state index is 0.966. The summed E-state index contributed by atoms with van der Waals surface area (Å²) in [4.78, 5) is 0. The number of hydrogen-bond acceptors (Lipinski definition) is 1. The molecule has 0 aliphatic heterocycles. The third kappa shape index (κ3) is 4.78. The molecule has 0 spiro atoms. The Kier molecular flexibility index (Phi) is 8.23. The summed E-state index contributed by atoms with van der Waals surface area (Å²) in [6.07, 6.45) is 8.19. The monoisotopic (exact) mass is 385 g/mol. The van der Waals surface area contributed by atoms with Gasteiger partial charge in [-0.2, -0.15) is 0 Å². The zero-order valence-electron chi connectivity index (χ0n) is 14.0. The van der Waals surface area contributed by atoms with E-state index in [9.17, 15) is 0 Å². The first-order valence-corrected chi connectivity index (χ1v) is 15.9. The normalized spacial score (nSPS) is 12.1. The van der Waals surface area contributed by atoms with Crippen LogP contribution in [-0.4, -0.2) is 28.2 Å². The van der Waals surface area contributed by atoms with Gasteiger partial charge in [-0.05, 0) is 0 Å². The van der Waals surface area contributed by atoms with Crippen molar-refractivity contribution in [2.24, 2.45) is 7.05 Å². The minimum atomic E-state index is -2.28. The zero-order valence-corrected chi connectivity index (χ0v) is 16.9. The van der Waals surface area contributed by atoms with Gasteiger partial charge in [0, 0.05) is 0 Å². The molecule has 0 amide bonds. The summed E-state index contributed by atoms with van der Waals surface area (Å²) < 4.78 is 8.32. The third-order valence-corrected chi connectivity index (χ3v) is 20.2. The fourth-order valence-corrected chi connectivity index (χ4v) is 19.9. The van der Waals surface area contributed by atoms with Crippen molar-refractivity contribution in [1.82, 2.24) is 9.78 Å². The van der Waals surface area contributed by atoms with Crippen molar-refractivity contribution in [2.75, 3.05) is 0 Å². The molecule has 0 saturated heterocycles. The van der Waals surface area contributed by atoms with Crippen molar-refractivity contribution >= 4 is 22.1 Å². The Bertz CT molecular complexity index is 363. The number of aromatic nitrogens is 2. The molecule has 3 heteroatoms. The summed E-state index contributed by atoms with van der Waals surface area (Å²) in [7, 11) is 2.14. The van der Waals surface area contributed by atoms with Crippen LogP contribution < -0.4 is 3.71 Å². The number of aryl methyl sites for hydroxylation is 1. The number of hydrogen-bond donors (Lipinski definition) is 0. The molecule has 0 N–H and O–H groups in total. The molecule has 0 atom stereocenters. The molecule has 0 fully saturated rings. The Balaban J connectivity index is 3.07. The van der Waals surface area contributed by atoms with E-state index in [1.165, 1.54) is 51.8 Å². The van der Waals surface area contributed by atoms with Gasteiger partial charge in [-0.1, -0.05) is 0 Å². The molecule has 0 aromatic carbocycles. The van der Waals surface area contributed by atoms with Crippen LogP contribution in [0.15, 0.2) is 6.07 Å². The van der Waals surface area contributed by atoms with Gasteiger partial charge in [-0.25, -0.2) is 0 Å². The van der Waals surface area contributed by atoms with Gasteiger partial charge < -0.3 is 0 Å². The van der Waals surface area contributed by atoms with Gasteiger partial charge in [0.05, 0.1) is 0 Å². The van der Waals surface area contributed by atoms with Crippen LogP contribution in [0.1, 0.15) is 65.0 Å². The molecule has 1 aromatic rings. The quantitative estimate of drug-likeness (QED) is 0.537. The van der Waals surface area contributed by atoms with E-state index in [1.807, 2.05) is 0 Å². The first-order valence-electron chi connectivity index (χ1n) is 8.46. The predicted octanol–water partition coefficient (Wildman–Crippen LogP) is 4.66. The Morgan fingerprint density at radius 3 is 1.75 bits per heavy atom. The summed E-state index contributed by atoms with van der Waals surface area (Å²) >= 11 is -2.28. The van der Waals surface area contributed by atoms with Gasteiger partial charge in [0.2, 0.25) is 0 Å². The molecule has 1 radical (unpaired) electrons. The maximum atomic E-state index is 4.56. The van der Waals surface area contributed by atoms with Crippen molar-refractivity contribution in [1.29, 1.82) is 0 Å². The maximum absolute atomic E-state index is 4.56. The molecule has 20 heavy (non-hydrogen) atoms. The molecule has 115 valence electrons. The average Bonchev–Trinajstić information content (AvgIpc) is 2.78. The second-order valence-electron chi connectivity index (χ2n) is 6.24. The van der Waals surface area contributed by atoms with Gasteiger partial charge >= 0.3 is 130 Å². The Morgan fingerprint density at radius 2 is 1.45 bits per heavy atom. The summed E-state index contributed by atoms with van der Waals surface area (Å²) in [5.74, 6) is 0. The molecule has 0 saturated carbocycles. The molecule has 0 aliphatic carbocycles. The number of nitrogens with zero attached hydrogens (tertiary/aromatic N) is 2. The van der Waals surface area contributed by atoms with Crippen molar-refractivity contribution in [3.05, 3.63) is 18.7 Å². The Morgan fingerprint density at radius 1 is 1.00 bits per heavy atom. The van der Waals surface area contributed by atoms with Crippen LogP contribution in [0, 0.1) is 6.92 Å². The Hall–Kier alpha value is 0.00870. The van der Waals surface area contributed by atoms with Crippen LogP contribution in [0.2, 0.25) is 13.3 Å². The molecule has 0 unspecified atom stereocenters. The van der Waals surface area contributed by atoms with Crippen LogP contribution in [-0.2, 0) is 7.05 Å². The second kappa shape index (κ2) is 9.11. The molecular weight excluding hydrogens is 351 g/mol. The summed E-state index contributed by atoms with van der Waals surface area (Å²) in [6.45, 7) is 11.0. The van der Waals surface area contributed by atoms with E-state index in [2.05, 4.69) is 50.6 Å². The second-order valence-corrected chi connectivity index (χ2v) is 19.3. The zero-order chi connectivity index (χ0) is 15.0. The van der Waals surface area contributed by atoms with Crippen LogP contribution in [0.25, 0.3) is 0 Å². The molecule has 1 aromatic heterocycles. The molecule has 1 rings (SSSR count). The fourth-order valence-electron chi connectivity index (χ4n) is 3.33. The van der Waals surface area contributed by atoms with E-state index in [-0.39, 0.29) is 0 Å². The topological polar surface area (TPSA) is 17.8 Å². The van der Waals surface area contributed by atoms with E-state index in [0.717, 1.165) is 5.69 Å². The van der Waals surface area contributed by atoms with Crippen molar-refractivity contribution < 1.29 is 0 Å². The predicted molar refractivity (Wildman–Crippen MR) is 92.2 cm³/mol. The summed E-state index contributed by atoms with van der Waals surface area (Å²) in [5, 5.41) is 4.56. The van der Waals surface area contributed by atoms with Crippen molar-refractivity contribution in [3.63, 3.8) is 0 Å². The molecule has 0 aliphatic rings. The fraction of sp³-hybridized carbons (Fsp3) is 0.765. The average molecular weight is 384 g/mol. The van der Waals surface area contributed by atoms with E-state index < -0.39 is 18.4 Å². The van der Waals surface area contributed by atoms with Gasteiger partial charge in [0.1, 0.15) is 0 Å². The van der Waals surface area contributed by atoms with Crippen LogP contribution in [0.3, 0.4) is 0 Å². The number of unbranched alkanes of at least 4 members (excludes halogenated alkanes) is 3. The molecule has 2 nitrogen and oxygen atoms in total. The van der Waals surface area contributed by atoms with Crippen LogP contribution in [0.4, 0.5) is 0 Å². The van der Waals surface area contributed by atoms with Crippen molar-refractivity contribution in [3.8, 4) is 0 Å². The number of rotatable bonds is 10. The van der Waals surface area contributed by atoms with Crippen LogP contribution >= 0.6 is 0 Å². The van der Waals surface area contributed by atoms with Gasteiger partial charge in [-0.15, -0.1) is 0 Å². The molecule has 0 bridgehead atoms. The van der Waals surface area contributed by atoms with Gasteiger partial charge in [0.25, 0.3) is 0 Å². The molecule has 1 heterocycles. The SMILES string of the molecule is [CH2]c1c[c]([Sn]([CH2]CCC)([CH2]CCC)[CH2]CCC)n(C)n1. The standard InChI is InChI=1S/C5H6N2.3C4H9.Sn/c1-5-3-4-7(2)6-5;3*1-3-4-2;/h3H,1H2,2H3;3*1,3-4H2,2H3;. The van der Waals surface area contributed by atoms with Gasteiger partial charge in [-0.3, -0.25) is 0 Å². The van der Waals surface area contributed by atoms with E-state index in [4.69, 9.17) is 0 Å². The van der Waals surface area contributed by atoms with Crippen LogP contribution in [0.5, 0.6) is 0 Å². The van der Waals surface area contributed by atoms with E-state index in [1.54, 1.807) is 3.71 Å². The summed E-state index contributed by atoms with van der Waals surface area (Å²) in [5.41, 5.74) is 0.966. The van der Waals surface area contributed by atoms with E-state index >= 15 is 0 Å². The first kappa shape index (κ1) is 18.1. The first-order chi connectivity index (χ1) is 9.59. The summed E-state index contributed by atoms with van der Waals surface area (Å²) in [6, 6.07) is 2.32.